The number of aliphatic hydroxyl groups excluding tert-OH is 1. The van der Waals surface area contributed by atoms with Gasteiger partial charge in [-0.25, -0.2) is 4.79 Å². The number of alkyl carbamates (subject to hydrolysis) is 1. The van der Waals surface area contributed by atoms with Gasteiger partial charge in [-0.15, -0.1) is 0 Å². The molecule has 35 heavy (non-hydrogen) atoms. The number of hydrogen-bond acceptors (Lipinski definition) is 6. The Hall–Kier alpha value is -4.04. The lowest BCUT2D eigenvalue weighted by atomic mass is 10.0. The van der Waals surface area contributed by atoms with E-state index in [0.717, 1.165) is 11.1 Å². The van der Waals surface area contributed by atoms with Crippen molar-refractivity contribution in [3.05, 3.63) is 102 Å². The van der Waals surface area contributed by atoms with Crippen LogP contribution in [0.3, 0.4) is 0 Å². The van der Waals surface area contributed by atoms with Crippen molar-refractivity contribution in [1.82, 2.24) is 15.6 Å². The molecule has 0 spiro atoms. The van der Waals surface area contributed by atoms with Crippen LogP contribution in [0.5, 0.6) is 0 Å². The van der Waals surface area contributed by atoms with Gasteiger partial charge in [0.2, 0.25) is 5.91 Å². The van der Waals surface area contributed by atoms with Crippen molar-refractivity contribution >= 4 is 17.8 Å². The van der Waals surface area contributed by atoms with Crippen LogP contribution >= 0.6 is 0 Å². The molecule has 1 heterocycles. The molecule has 182 valence electrons. The van der Waals surface area contributed by atoms with Crippen LogP contribution in [0, 0.1) is 0 Å². The molecule has 3 N–H and O–H groups in total. The maximum Gasteiger partial charge on any atom is 0.408 e. The number of aryl methyl sites for hydroxylation is 1. The summed E-state index contributed by atoms with van der Waals surface area (Å²) in [6, 6.07) is 20.4. The molecule has 3 rings (SSSR count). The summed E-state index contributed by atoms with van der Waals surface area (Å²) in [5.74, 6) is -1.03. The van der Waals surface area contributed by atoms with Crippen molar-refractivity contribution in [2.75, 3.05) is 6.61 Å². The standard InChI is InChI=1S/C27H29N3O5/c31-18-25(32)23(14-13-20-8-3-1-4-9-20)29-26(33)24(16-21-10-5-2-6-11-21)30-27(34)35-19-22-12-7-15-28-17-22/h1-12,15,17,23-24,31H,13-14,16,18-19H2,(H,29,33)(H,30,34)/t23-,24-/m0/s1. The second-order valence-corrected chi connectivity index (χ2v) is 8.03. The van der Waals surface area contributed by atoms with E-state index < -0.39 is 36.5 Å². The third kappa shape index (κ3) is 8.68. The Bertz CT molecular complexity index is 1080. The molecular weight excluding hydrogens is 446 g/mol. The Balaban J connectivity index is 1.67. The van der Waals surface area contributed by atoms with Gasteiger partial charge >= 0.3 is 6.09 Å². The van der Waals surface area contributed by atoms with E-state index in [1.807, 2.05) is 60.7 Å². The number of Topliss-reactive ketones (excluding diaryl/α,β-unsaturated/α-hetero) is 1. The van der Waals surface area contributed by atoms with Crippen LogP contribution in [0.1, 0.15) is 23.1 Å². The first-order chi connectivity index (χ1) is 17.0. The minimum atomic E-state index is -0.982. The Morgan fingerprint density at radius 1 is 0.829 bits per heavy atom. The van der Waals surface area contributed by atoms with Crippen molar-refractivity contribution in [3.63, 3.8) is 0 Å². The first-order valence-electron chi connectivity index (χ1n) is 11.4. The highest BCUT2D eigenvalue weighted by Crippen LogP contribution is 2.09. The van der Waals surface area contributed by atoms with Crippen LogP contribution in [-0.4, -0.2) is 46.6 Å². The highest BCUT2D eigenvalue weighted by Gasteiger charge is 2.27. The fourth-order valence-electron chi connectivity index (χ4n) is 3.53. The third-order valence-corrected chi connectivity index (χ3v) is 5.41. The minimum Gasteiger partial charge on any atom is -0.445 e. The molecule has 0 unspecified atom stereocenters. The molecule has 3 aromatic rings. The predicted molar refractivity (Wildman–Crippen MR) is 130 cm³/mol. The predicted octanol–water partition coefficient (Wildman–Crippen LogP) is 2.60. The average molecular weight is 476 g/mol. The number of ketones is 1. The van der Waals surface area contributed by atoms with Crippen molar-refractivity contribution in [3.8, 4) is 0 Å². The topological polar surface area (TPSA) is 118 Å². The van der Waals surface area contributed by atoms with Gasteiger partial charge in [-0.2, -0.15) is 0 Å². The van der Waals surface area contributed by atoms with E-state index in [1.165, 1.54) is 0 Å². The minimum absolute atomic E-state index is 0.00203. The molecule has 0 saturated carbocycles. The molecule has 0 aliphatic carbocycles. The molecule has 0 saturated heterocycles. The monoisotopic (exact) mass is 475 g/mol. The molecule has 0 aliphatic rings. The summed E-state index contributed by atoms with van der Waals surface area (Å²) in [7, 11) is 0. The van der Waals surface area contributed by atoms with Crippen molar-refractivity contribution in [2.45, 2.75) is 38.0 Å². The van der Waals surface area contributed by atoms with Gasteiger partial charge < -0.3 is 20.5 Å². The maximum absolute atomic E-state index is 13.2. The SMILES string of the molecule is O=C(N[C@@H](Cc1ccccc1)C(=O)N[C@@H](CCc1ccccc1)C(=O)CO)OCc1cccnc1. The summed E-state index contributed by atoms with van der Waals surface area (Å²) in [5, 5.41) is 14.7. The number of nitrogens with one attached hydrogen (secondary N) is 2. The highest BCUT2D eigenvalue weighted by molar-refractivity contribution is 5.92. The number of carbonyl (C=O) groups excluding carboxylic acids is 3. The first kappa shape index (κ1) is 25.6. The number of ether oxygens (including phenoxy) is 1. The molecule has 2 aromatic carbocycles. The average Bonchev–Trinajstić information content (AvgIpc) is 2.90. The van der Waals surface area contributed by atoms with E-state index in [2.05, 4.69) is 15.6 Å². The molecule has 2 amide bonds. The summed E-state index contributed by atoms with van der Waals surface area (Å²) in [6.07, 6.45) is 3.50. The van der Waals surface area contributed by atoms with Crippen LogP contribution in [0.25, 0.3) is 0 Å². The zero-order chi connectivity index (χ0) is 24.9. The number of carbonyl (C=O) groups is 3. The molecule has 1 aromatic heterocycles. The lowest BCUT2D eigenvalue weighted by molar-refractivity contribution is -0.130. The third-order valence-electron chi connectivity index (χ3n) is 5.41. The van der Waals surface area contributed by atoms with Crippen molar-refractivity contribution in [2.24, 2.45) is 0 Å². The fourth-order valence-corrected chi connectivity index (χ4v) is 3.53. The molecule has 0 radical (unpaired) electrons. The fraction of sp³-hybridized carbons (Fsp3) is 0.259. The molecule has 8 heteroatoms. The van der Waals surface area contributed by atoms with Crippen LogP contribution in [-0.2, 0) is 33.8 Å². The quantitative estimate of drug-likeness (QED) is 0.371. The van der Waals surface area contributed by atoms with E-state index >= 15 is 0 Å². The summed E-state index contributed by atoms with van der Waals surface area (Å²) in [6.45, 7) is -0.689. The van der Waals surface area contributed by atoms with Crippen LogP contribution < -0.4 is 10.6 Å². The maximum atomic E-state index is 13.2. The van der Waals surface area contributed by atoms with Gasteiger partial charge in [-0.1, -0.05) is 66.7 Å². The zero-order valence-corrected chi connectivity index (χ0v) is 19.3. The van der Waals surface area contributed by atoms with Gasteiger partial charge in [-0.3, -0.25) is 14.6 Å². The molecule has 2 atom stereocenters. The van der Waals surface area contributed by atoms with E-state index in [1.54, 1.807) is 24.5 Å². The second-order valence-electron chi connectivity index (χ2n) is 8.03. The van der Waals surface area contributed by atoms with Crippen LogP contribution in [0.15, 0.2) is 85.2 Å². The Morgan fingerprint density at radius 3 is 2.11 bits per heavy atom. The van der Waals surface area contributed by atoms with Gasteiger partial charge in [0.15, 0.2) is 5.78 Å². The van der Waals surface area contributed by atoms with Crippen LogP contribution in [0.2, 0.25) is 0 Å². The summed E-state index contributed by atoms with van der Waals surface area (Å²) < 4.78 is 5.25. The number of benzene rings is 2. The summed E-state index contributed by atoms with van der Waals surface area (Å²) in [5.41, 5.74) is 2.55. The summed E-state index contributed by atoms with van der Waals surface area (Å²) >= 11 is 0. The number of amides is 2. The van der Waals surface area contributed by atoms with Gasteiger partial charge in [0, 0.05) is 24.4 Å². The van der Waals surface area contributed by atoms with E-state index in [9.17, 15) is 19.5 Å². The van der Waals surface area contributed by atoms with Crippen molar-refractivity contribution < 1.29 is 24.2 Å². The van der Waals surface area contributed by atoms with Gasteiger partial charge in [0.05, 0.1) is 6.04 Å². The lowest BCUT2D eigenvalue weighted by Crippen LogP contribution is -2.53. The number of hydrogen-bond donors (Lipinski definition) is 3. The number of nitrogens with zero attached hydrogens (tertiary/aromatic N) is 1. The molecular formula is C27H29N3O5. The normalized spacial score (nSPS) is 12.3. The van der Waals surface area contributed by atoms with Crippen LogP contribution in [0.4, 0.5) is 4.79 Å². The smallest absolute Gasteiger partial charge is 0.408 e. The van der Waals surface area contributed by atoms with Gasteiger partial charge in [0.1, 0.15) is 19.3 Å². The Morgan fingerprint density at radius 2 is 1.49 bits per heavy atom. The number of rotatable bonds is 12. The Kier molecular flexibility index (Phi) is 9.95. The lowest BCUT2D eigenvalue weighted by Gasteiger charge is -2.22. The molecule has 0 bridgehead atoms. The second kappa shape index (κ2) is 13.6. The Labute approximate surface area is 204 Å². The van der Waals surface area contributed by atoms with E-state index in [0.29, 0.717) is 18.4 Å². The largest absolute Gasteiger partial charge is 0.445 e. The van der Waals surface area contributed by atoms with E-state index in [4.69, 9.17) is 4.74 Å². The zero-order valence-electron chi connectivity index (χ0n) is 19.3. The van der Waals surface area contributed by atoms with Crippen molar-refractivity contribution in [1.29, 1.82) is 0 Å². The number of pyridine rings is 1. The molecule has 0 aliphatic heterocycles. The molecule has 8 nitrogen and oxygen atoms in total. The molecule has 0 fully saturated rings. The first-order valence-corrected chi connectivity index (χ1v) is 11.4. The number of aromatic nitrogens is 1. The summed E-state index contributed by atoms with van der Waals surface area (Å²) in [4.78, 5) is 42.0. The van der Waals surface area contributed by atoms with Gasteiger partial charge in [-0.05, 0) is 30.0 Å². The number of aliphatic hydroxyl groups is 1. The van der Waals surface area contributed by atoms with E-state index in [-0.39, 0.29) is 13.0 Å². The van der Waals surface area contributed by atoms with Gasteiger partial charge in [0.25, 0.3) is 0 Å². The highest BCUT2D eigenvalue weighted by atomic mass is 16.5.